The molecule has 1 heterocycles. The minimum absolute atomic E-state index is 0. The lowest BCUT2D eigenvalue weighted by Crippen LogP contribution is -2.48. The van der Waals surface area contributed by atoms with Crippen LogP contribution in [0.25, 0.3) is 0 Å². The molecule has 0 bridgehead atoms. The van der Waals surface area contributed by atoms with Crippen molar-refractivity contribution in [2.24, 2.45) is 11.7 Å². The van der Waals surface area contributed by atoms with Gasteiger partial charge in [0.05, 0.1) is 12.1 Å². The van der Waals surface area contributed by atoms with Crippen LogP contribution < -0.4 is 5.73 Å². The number of nitrogens with zero attached hydrogens (tertiary/aromatic N) is 1. The van der Waals surface area contributed by atoms with Gasteiger partial charge < -0.3 is 15.4 Å². The molecule has 4 nitrogen and oxygen atoms in total. The van der Waals surface area contributed by atoms with E-state index in [1.54, 1.807) is 0 Å². The lowest BCUT2D eigenvalue weighted by molar-refractivity contribution is -0.134. The van der Waals surface area contributed by atoms with Crippen LogP contribution in [-0.4, -0.2) is 42.6 Å². The number of amides is 1. The first-order valence-corrected chi connectivity index (χ1v) is 5.68. The van der Waals surface area contributed by atoms with Gasteiger partial charge in [-0.3, -0.25) is 4.79 Å². The lowest BCUT2D eigenvalue weighted by atomic mass is 10.0. The van der Waals surface area contributed by atoms with Gasteiger partial charge in [-0.2, -0.15) is 0 Å². The van der Waals surface area contributed by atoms with Gasteiger partial charge >= 0.3 is 0 Å². The lowest BCUT2D eigenvalue weighted by Gasteiger charge is -2.26. The van der Waals surface area contributed by atoms with Crippen molar-refractivity contribution in [1.82, 2.24) is 4.90 Å². The van der Waals surface area contributed by atoms with Crippen molar-refractivity contribution < 1.29 is 9.53 Å². The van der Waals surface area contributed by atoms with Crippen molar-refractivity contribution in [3.05, 3.63) is 0 Å². The summed E-state index contributed by atoms with van der Waals surface area (Å²) in [4.78, 5) is 13.8. The zero-order valence-corrected chi connectivity index (χ0v) is 11.1. The van der Waals surface area contributed by atoms with E-state index in [4.69, 9.17) is 10.5 Å². The molecule has 0 aliphatic carbocycles. The third kappa shape index (κ3) is 4.28. The van der Waals surface area contributed by atoms with Gasteiger partial charge in [0.2, 0.25) is 5.91 Å². The van der Waals surface area contributed by atoms with E-state index in [1.807, 2.05) is 25.7 Å². The second-order valence-corrected chi connectivity index (χ2v) is 4.59. The molecule has 0 aromatic carbocycles. The molecule has 5 heteroatoms. The smallest absolute Gasteiger partial charge is 0.239 e. The number of halogens is 1. The number of carbonyl (C=O) groups excluding carboxylic acids is 1. The van der Waals surface area contributed by atoms with Crippen LogP contribution in [0.1, 0.15) is 27.2 Å². The summed E-state index contributed by atoms with van der Waals surface area (Å²) in [6, 6.07) is -0.379. The van der Waals surface area contributed by atoms with Gasteiger partial charge in [0.25, 0.3) is 0 Å². The minimum atomic E-state index is -0.379. The number of carbonyl (C=O) groups is 1. The molecule has 16 heavy (non-hydrogen) atoms. The first-order chi connectivity index (χ1) is 7.02. The van der Waals surface area contributed by atoms with Gasteiger partial charge in [0.1, 0.15) is 0 Å². The molecule has 2 atom stereocenters. The number of rotatable bonds is 2. The van der Waals surface area contributed by atoms with Gasteiger partial charge in [-0.25, -0.2) is 0 Å². The fraction of sp³-hybridized carbons (Fsp3) is 0.909. The molecule has 0 spiro atoms. The quantitative estimate of drug-likeness (QED) is 0.797. The van der Waals surface area contributed by atoms with Gasteiger partial charge in [-0.15, -0.1) is 12.4 Å². The summed E-state index contributed by atoms with van der Waals surface area (Å²) in [5, 5.41) is 0. The topological polar surface area (TPSA) is 55.6 Å². The fourth-order valence-electron chi connectivity index (χ4n) is 1.69. The molecule has 1 aliphatic heterocycles. The van der Waals surface area contributed by atoms with Gasteiger partial charge in [0.15, 0.2) is 0 Å². The molecular formula is C11H23ClN2O2. The molecule has 1 fully saturated rings. The monoisotopic (exact) mass is 250 g/mol. The Morgan fingerprint density at radius 1 is 1.50 bits per heavy atom. The first kappa shape index (κ1) is 15.7. The Kier molecular flexibility index (Phi) is 6.95. The second kappa shape index (κ2) is 7.09. The Hall–Kier alpha value is -0.320. The van der Waals surface area contributed by atoms with Gasteiger partial charge in [-0.1, -0.05) is 13.8 Å². The molecule has 1 rings (SSSR count). The highest BCUT2D eigenvalue weighted by Crippen LogP contribution is 2.09. The van der Waals surface area contributed by atoms with E-state index in [-0.39, 0.29) is 36.4 Å². The summed E-state index contributed by atoms with van der Waals surface area (Å²) < 4.78 is 5.49. The summed E-state index contributed by atoms with van der Waals surface area (Å²) in [6.07, 6.45) is 1.02. The zero-order chi connectivity index (χ0) is 11.4. The Morgan fingerprint density at radius 3 is 2.69 bits per heavy atom. The third-order valence-electron chi connectivity index (χ3n) is 2.77. The molecule has 1 saturated heterocycles. The van der Waals surface area contributed by atoms with Crippen LogP contribution in [-0.2, 0) is 9.53 Å². The highest BCUT2D eigenvalue weighted by molar-refractivity contribution is 5.85. The van der Waals surface area contributed by atoms with E-state index in [1.165, 1.54) is 0 Å². The van der Waals surface area contributed by atoms with Crippen LogP contribution in [0.4, 0.5) is 0 Å². The van der Waals surface area contributed by atoms with Crippen molar-refractivity contribution in [2.45, 2.75) is 39.3 Å². The van der Waals surface area contributed by atoms with E-state index < -0.39 is 0 Å². The standard InChI is InChI=1S/C11H22N2O2.ClH/c1-8(2)10(12)11(14)13-5-4-6-15-9(3)7-13;/h8-10H,4-7,12H2,1-3H3;1H/t9?,10-;/m1./s1. The number of nitrogens with two attached hydrogens (primary N) is 1. The van der Waals surface area contributed by atoms with Crippen LogP contribution in [0, 0.1) is 5.92 Å². The molecule has 0 aromatic heterocycles. The van der Waals surface area contributed by atoms with Crippen molar-refractivity contribution in [3.63, 3.8) is 0 Å². The Labute approximate surface area is 104 Å². The molecule has 0 aromatic rings. The van der Waals surface area contributed by atoms with Crippen molar-refractivity contribution >= 4 is 18.3 Å². The second-order valence-electron chi connectivity index (χ2n) is 4.59. The number of hydrogen-bond donors (Lipinski definition) is 1. The Morgan fingerprint density at radius 2 is 2.12 bits per heavy atom. The highest BCUT2D eigenvalue weighted by atomic mass is 35.5. The summed E-state index contributed by atoms with van der Waals surface area (Å²) in [7, 11) is 0. The molecule has 96 valence electrons. The van der Waals surface area contributed by atoms with Crippen molar-refractivity contribution in [3.8, 4) is 0 Å². The Balaban J connectivity index is 0.00000225. The fourth-order valence-corrected chi connectivity index (χ4v) is 1.69. The van der Waals surface area contributed by atoms with E-state index >= 15 is 0 Å². The average molecular weight is 251 g/mol. The van der Waals surface area contributed by atoms with Gasteiger partial charge in [0, 0.05) is 19.7 Å². The minimum Gasteiger partial charge on any atom is -0.377 e. The summed E-state index contributed by atoms with van der Waals surface area (Å²) in [6.45, 7) is 8.11. The van der Waals surface area contributed by atoms with E-state index in [2.05, 4.69) is 0 Å². The predicted molar refractivity (Wildman–Crippen MR) is 66.7 cm³/mol. The number of hydrogen-bond acceptors (Lipinski definition) is 3. The maximum atomic E-state index is 12.0. The van der Waals surface area contributed by atoms with Crippen molar-refractivity contribution in [2.75, 3.05) is 19.7 Å². The largest absolute Gasteiger partial charge is 0.377 e. The molecule has 1 amide bonds. The molecule has 1 aliphatic rings. The highest BCUT2D eigenvalue weighted by Gasteiger charge is 2.25. The SMILES string of the molecule is CC1CN(C(=O)[C@H](N)C(C)C)CCCO1.Cl. The van der Waals surface area contributed by atoms with E-state index in [0.717, 1.165) is 19.6 Å². The molecule has 0 saturated carbocycles. The van der Waals surface area contributed by atoms with E-state index in [0.29, 0.717) is 6.54 Å². The molecular weight excluding hydrogens is 228 g/mol. The predicted octanol–water partition coefficient (Wildman–Crippen LogP) is 1.03. The summed E-state index contributed by atoms with van der Waals surface area (Å²) >= 11 is 0. The maximum absolute atomic E-state index is 12.0. The summed E-state index contributed by atoms with van der Waals surface area (Å²) in [5.74, 6) is 0.249. The Bertz CT molecular complexity index is 224. The van der Waals surface area contributed by atoms with Crippen LogP contribution in [0.15, 0.2) is 0 Å². The zero-order valence-electron chi connectivity index (χ0n) is 10.3. The van der Waals surface area contributed by atoms with Crippen LogP contribution >= 0.6 is 12.4 Å². The van der Waals surface area contributed by atoms with E-state index in [9.17, 15) is 4.79 Å². The van der Waals surface area contributed by atoms with Gasteiger partial charge in [-0.05, 0) is 19.3 Å². The third-order valence-corrected chi connectivity index (χ3v) is 2.77. The molecule has 0 radical (unpaired) electrons. The van der Waals surface area contributed by atoms with Crippen LogP contribution in [0.2, 0.25) is 0 Å². The normalized spacial score (nSPS) is 23.6. The summed E-state index contributed by atoms with van der Waals surface area (Å²) in [5.41, 5.74) is 5.86. The molecule has 1 unspecified atom stereocenters. The number of ether oxygens (including phenoxy) is 1. The van der Waals surface area contributed by atoms with Crippen LogP contribution in [0.3, 0.4) is 0 Å². The maximum Gasteiger partial charge on any atom is 0.239 e. The molecule has 2 N–H and O–H groups in total. The first-order valence-electron chi connectivity index (χ1n) is 5.68. The van der Waals surface area contributed by atoms with Crippen LogP contribution in [0.5, 0.6) is 0 Å². The average Bonchev–Trinajstić information content (AvgIpc) is 2.40. The van der Waals surface area contributed by atoms with Crippen molar-refractivity contribution in [1.29, 1.82) is 0 Å².